The van der Waals surface area contributed by atoms with E-state index in [9.17, 15) is 9.59 Å². The van der Waals surface area contributed by atoms with Crippen molar-refractivity contribution in [1.29, 1.82) is 0 Å². The lowest BCUT2D eigenvalue weighted by Crippen LogP contribution is -2.54. The lowest BCUT2D eigenvalue weighted by atomic mass is 10.1. The summed E-state index contributed by atoms with van der Waals surface area (Å²) in [5.74, 6) is -0.445. The molecule has 4 N–H and O–H groups in total. The van der Waals surface area contributed by atoms with Crippen LogP contribution >= 0.6 is 24.8 Å². The van der Waals surface area contributed by atoms with Crippen molar-refractivity contribution in [3.8, 4) is 0 Å². The van der Waals surface area contributed by atoms with Crippen LogP contribution in [0, 0.1) is 5.92 Å². The van der Waals surface area contributed by atoms with Gasteiger partial charge in [-0.1, -0.05) is 13.8 Å². The van der Waals surface area contributed by atoms with Gasteiger partial charge in [0, 0.05) is 25.2 Å². The highest BCUT2D eigenvalue weighted by Gasteiger charge is 2.23. The van der Waals surface area contributed by atoms with Gasteiger partial charge in [-0.3, -0.25) is 14.5 Å². The molecule has 9 heteroatoms. The number of rotatable bonds is 7. The van der Waals surface area contributed by atoms with Crippen molar-refractivity contribution < 1.29 is 14.3 Å². The van der Waals surface area contributed by atoms with Gasteiger partial charge in [-0.15, -0.1) is 24.8 Å². The maximum absolute atomic E-state index is 11.9. The summed E-state index contributed by atoms with van der Waals surface area (Å²) >= 11 is 0. The third-order valence-corrected chi connectivity index (χ3v) is 4.18. The highest BCUT2D eigenvalue weighted by atomic mass is 35.5. The zero-order valence-corrected chi connectivity index (χ0v) is 16.5. The highest BCUT2D eigenvalue weighted by molar-refractivity contribution is 5.87. The number of nitrogens with one attached hydrogen (secondary N) is 2. The zero-order valence-electron chi connectivity index (χ0n) is 14.9. The van der Waals surface area contributed by atoms with E-state index in [-0.39, 0.29) is 61.2 Å². The summed E-state index contributed by atoms with van der Waals surface area (Å²) in [6.45, 7) is 11.0. The molecular formula is C15H32Cl2N4O3. The minimum atomic E-state index is -0.586. The van der Waals surface area contributed by atoms with Gasteiger partial charge in [0.05, 0.1) is 25.8 Å². The molecular weight excluding hydrogens is 355 g/mol. The highest BCUT2D eigenvalue weighted by Crippen LogP contribution is 2.07. The van der Waals surface area contributed by atoms with Crippen LogP contribution in [0.25, 0.3) is 0 Å². The normalized spacial score (nSPS) is 18.6. The van der Waals surface area contributed by atoms with Crippen molar-refractivity contribution in [2.24, 2.45) is 11.7 Å². The molecule has 0 spiro atoms. The van der Waals surface area contributed by atoms with E-state index in [1.807, 2.05) is 20.8 Å². The van der Waals surface area contributed by atoms with Crippen LogP contribution in [0.1, 0.15) is 27.7 Å². The van der Waals surface area contributed by atoms with Gasteiger partial charge in [0.25, 0.3) is 0 Å². The van der Waals surface area contributed by atoms with E-state index in [2.05, 4.69) is 22.5 Å². The molecule has 1 rings (SSSR count). The minimum absolute atomic E-state index is 0. The summed E-state index contributed by atoms with van der Waals surface area (Å²) in [4.78, 5) is 25.9. The Labute approximate surface area is 157 Å². The second-order valence-electron chi connectivity index (χ2n) is 6.23. The maximum Gasteiger partial charge on any atom is 0.239 e. The van der Waals surface area contributed by atoms with Crippen LogP contribution in [-0.2, 0) is 14.3 Å². The van der Waals surface area contributed by atoms with Crippen molar-refractivity contribution in [3.63, 3.8) is 0 Å². The minimum Gasteiger partial charge on any atom is -0.379 e. The van der Waals surface area contributed by atoms with Gasteiger partial charge in [-0.05, 0) is 19.8 Å². The second kappa shape index (κ2) is 12.7. The van der Waals surface area contributed by atoms with Crippen molar-refractivity contribution in [3.05, 3.63) is 0 Å². The molecule has 2 unspecified atom stereocenters. The lowest BCUT2D eigenvalue weighted by Gasteiger charge is -2.35. The van der Waals surface area contributed by atoms with Gasteiger partial charge < -0.3 is 21.1 Å². The number of carbonyl (C=O) groups excluding carboxylic acids is 2. The molecule has 0 radical (unpaired) electrons. The molecule has 0 aromatic rings. The third-order valence-electron chi connectivity index (χ3n) is 4.18. The summed E-state index contributed by atoms with van der Waals surface area (Å²) in [5, 5.41) is 5.50. The van der Waals surface area contributed by atoms with Gasteiger partial charge in [0.2, 0.25) is 11.8 Å². The summed E-state index contributed by atoms with van der Waals surface area (Å²) in [7, 11) is 0. The van der Waals surface area contributed by atoms with Gasteiger partial charge in [-0.25, -0.2) is 0 Å². The number of hydrogen-bond acceptors (Lipinski definition) is 5. The first kappa shape index (κ1) is 25.6. The van der Waals surface area contributed by atoms with Crippen LogP contribution in [-0.4, -0.2) is 67.7 Å². The van der Waals surface area contributed by atoms with E-state index in [0.717, 1.165) is 26.3 Å². The summed E-state index contributed by atoms with van der Waals surface area (Å²) in [6.07, 6.45) is 0. The molecule has 3 atom stereocenters. The van der Waals surface area contributed by atoms with E-state index in [0.29, 0.717) is 0 Å². The van der Waals surface area contributed by atoms with Crippen LogP contribution in [0.5, 0.6) is 0 Å². The summed E-state index contributed by atoms with van der Waals surface area (Å²) < 4.78 is 5.33. The molecule has 0 aromatic carbocycles. The van der Waals surface area contributed by atoms with Gasteiger partial charge in [-0.2, -0.15) is 0 Å². The molecule has 7 nitrogen and oxygen atoms in total. The standard InChI is InChI=1S/C15H30N4O3.2ClH/c1-10(2)14(16)15(21)17-9-13(20)18-11(3)12(4)19-5-7-22-8-6-19;;/h10-12,14H,5-9,16H2,1-4H3,(H,17,21)(H,18,20);2*1H/t11?,12?,14-;;/m0../s1. The van der Waals surface area contributed by atoms with E-state index in [4.69, 9.17) is 10.5 Å². The Morgan fingerprint density at radius 2 is 1.67 bits per heavy atom. The number of amides is 2. The van der Waals surface area contributed by atoms with Crippen molar-refractivity contribution in [2.75, 3.05) is 32.8 Å². The van der Waals surface area contributed by atoms with Crippen molar-refractivity contribution in [2.45, 2.75) is 45.8 Å². The second-order valence-corrected chi connectivity index (χ2v) is 6.23. The van der Waals surface area contributed by atoms with Gasteiger partial charge in [0.1, 0.15) is 0 Å². The molecule has 0 bridgehead atoms. The number of halogens is 2. The largest absolute Gasteiger partial charge is 0.379 e. The first-order chi connectivity index (χ1) is 10.3. The molecule has 0 saturated carbocycles. The van der Waals surface area contributed by atoms with Crippen LogP contribution in [0.2, 0.25) is 0 Å². The number of ether oxygens (including phenoxy) is 1. The van der Waals surface area contributed by atoms with E-state index < -0.39 is 6.04 Å². The van der Waals surface area contributed by atoms with Crippen molar-refractivity contribution >= 4 is 36.6 Å². The lowest BCUT2D eigenvalue weighted by molar-refractivity contribution is -0.127. The quantitative estimate of drug-likeness (QED) is 0.578. The molecule has 1 heterocycles. The molecule has 2 amide bonds. The molecule has 1 aliphatic rings. The van der Waals surface area contributed by atoms with Crippen LogP contribution in [0.15, 0.2) is 0 Å². The Morgan fingerprint density at radius 3 is 2.17 bits per heavy atom. The smallest absolute Gasteiger partial charge is 0.239 e. The Morgan fingerprint density at radius 1 is 1.12 bits per heavy atom. The topological polar surface area (TPSA) is 96.7 Å². The predicted octanol–water partition coefficient (Wildman–Crippen LogP) is 0.155. The van der Waals surface area contributed by atoms with E-state index >= 15 is 0 Å². The maximum atomic E-state index is 11.9. The molecule has 0 aromatic heterocycles. The average Bonchev–Trinajstić information content (AvgIpc) is 2.51. The fourth-order valence-electron chi connectivity index (χ4n) is 2.31. The number of carbonyl (C=O) groups is 2. The number of nitrogens with two attached hydrogens (primary N) is 1. The number of morpholine rings is 1. The monoisotopic (exact) mass is 386 g/mol. The molecule has 0 aliphatic carbocycles. The average molecular weight is 387 g/mol. The molecule has 1 aliphatic heterocycles. The Hall–Kier alpha value is -0.600. The first-order valence-electron chi connectivity index (χ1n) is 7.97. The van der Waals surface area contributed by atoms with Gasteiger partial charge >= 0.3 is 0 Å². The van der Waals surface area contributed by atoms with E-state index in [1.54, 1.807) is 0 Å². The molecule has 144 valence electrons. The fraction of sp³-hybridized carbons (Fsp3) is 0.867. The predicted molar refractivity (Wildman–Crippen MR) is 99.8 cm³/mol. The molecule has 1 saturated heterocycles. The van der Waals surface area contributed by atoms with Crippen molar-refractivity contribution in [1.82, 2.24) is 15.5 Å². The number of hydrogen-bond donors (Lipinski definition) is 3. The zero-order chi connectivity index (χ0) is 16.7. The third kappa shape index (κ3) is 8.48. The summed E-state index contributed by atoms with van der Waals surface area (Å²) in [5.41, 5.74) is 5.73. The summed E-state index contributed by atoms with van der Waals surface area (Å²) in [6, 6.07) is -0.361. The molecule has 24 heavy (non-hydrogen) atoms. The SMILES string of the molecule is CC(NC(=O)CNC(=O)[C@@H](N)C(C)C)C(C)N1CCOCC1.Cl.Cl. The Bertz CT molecular complexity index is 380. The first-order valence-corrected chi connectivity index (χ1v) is 7.97. The van der Waals surface area contributed by atoms with Crippen LogP contribution in [0.3, 0.4) is 0 Å². The van der Waals surface area contributed by atoms with Crippen LogP contribution in [0.4, 0.5) is 0 Å². The fourth-order valence-corrected chi connectivity index (χ4v) is 2.31. The Balaban J connectivity index is 0. The molecule has 1 fully saturated rings. The van der Waals surface area contributed by atoms with Crippen LogP contribution < -0.4 is 16.4 Å². The Kier molecular flexibility index (Phi) is 13.6. The van der Waals surface area contributed by atoms with E-state index in [1.165, 1.54) is 0 Å². The number of nitrogens with zero attached hydrogens (tertiary/aromatic N) is 1. The van der Waals surface area contributed by atoms with Gasteiger partial charge in [0.15, 0.2) is 0 Å².